The summed E-state index contributed by atoms with van der Waals surface area (Å²) < 4.78 is 0. The van der Waals surface area contributed by atoms with Crippen molar-refractivity contribution in [3.8, 4) is 0 Å². The Labute approximate surface area is 88.9 Å². The highest BCUT2D eigenvalue weighted by atomic mass is 32.1. The van der Waals surface area contributed by atoms with Gasteiger partial charge in [0.25, 0.3) is 0 Å². The first kappa shape index (κ1) is 10.1. The SMILES string of the molecule is c1nc(CNCCC2CCNC2)cs1. The normalized spacial score (nSPS) is 21.6. The van der Waals surface area contributed by atoms with Crippen LogP contribution < -0.4 is 10.6 Å². The van der Waals surface area contributed by atoms with Crippen LogP contribution in [0, 0.1) is 5.92 Å². The monoisotopic (exact) mass is 211 g/mol. The molecule has 0 aromatic carbocycles. The van der Waals surface area contributed by atoms with Gasteiger partial charge in [-0.15, -0.1) is 11.3 Å². The second kappa shape index (κ2) is 5.44. The van der Waals surface area contributed by atoms with Crippen molar-refractivity contribution in [2.75, 3.05) is 19.6 Å². The first-order valence-corrected chi connectivity index (χ1v) is 6.18. The molecule has 1 saturated heterocycles. The zero-order chi connectivity index (χ0) is 9.64. The third-order valence-corrected chi connectivity index (χ3v) is 3.32. The van der Waals surface area contributed by atoms with Gasteiger partial charge in [0.1, 0.15) is 0 Å². The molecule has 0 aliphatic carbocycles. The minimum absolute atomic E-state index is 0.887. The van der Waals surface area contributed by atoms with Crippen LogP contribution >= 0.6 is 11.3 Å². The van der Waals surface area contributed by atoms with Crippen LogP contribution in [0.5, 0.6) is 0 Å². The first-order chi connectivity index (χ1) is 6.95. The molecule has 0 amide bonds. The molecule has 1 fully saturated rings. The van der Waals surface area contributed by atoms with Crippen LogP contribution in [-0.2, 0) is 6.54 Å². The van der Waals surface area contributed by atoms with Crippen LogP contribution in [0.2, 0.25) is 0 Å². The quantitative estimate of drug-likeness (QED) is 0.719. The Morgan fingerprint density at radius 1 is 1.64 bits per heavy atom. The average Bonchev–Trinajstić information content (AvgIpc) is 2.86. The summed E-state index contributed by atoms with van der Waals surface area (Å²) >= 11 is 1.66. The van der Waals surface area contributed by atoms with Crippen molar-refractivity contribution in [3.05, 3.63) is 16.6 Å². The van der Waals surface area contributed by atoms with E-state index in [2.05, 4.69) is 21.0 Å². The van der Waals surface area contributed by atoms with Gasteiger partial charge in [-0.3, -0.25) is 0 Å². The fraction of sp³-hybridized carbons (Fsp3) is 0.700. The second-order valence-corrected chi connectivity index (χ2v) is 4.52. The van der Waals surface area contributed by atoms with Gasteiger partial charge in [0.05, 0.1) is 11.2 Å². The molecule has 0 radical (unpaired) electrons. The van der Waals surface area contributed by atoms with Gasteiger partial charge in [0.15, 0.2) is 0 Å². The molecule has 0 bridgehead atoms. The fourth-order valence-corrected chi connectivity index (χ4v) is 2.37. The molecule has 3 nitrogen and oxygen atoms in total. The summed E-state index contributed by atoms with van der Waals surface area (Å²) in [6.45, 7) is 4.45. The van der Waals surface area contributed by atoms with Crippen molar-refractivity contribution in [2.45, 2.75) is 19.4 Å². The van der Waals surface area contributed by atoms with Crippen LogP contribution in [0.25, 0.3) is 0 Å². The molecule has 14 heavy (non-hydrogen) atoms. The van der Waals surface area contributed by atoms with E-state index in [1.807, 2.05) is 5.51 Å². The van der Waals surface area contributed by atoms with E-state index >= 15 is 0 Å². The fourth-order valence-electron chi connectivity index (χ4n) is 1.81. The van der Waals surface area contributed by atoms with Crippen molar-refractivity contribution < 1.29 is 0 Å². The van der Waals surface area contributed by atoms with Gasteiger partial charge in [0.2, 0.25) is 0 Å². The van der Waals surface area contributed by atoms with E-state index in [9.17, 15) is 0 Å². The van der Waals surface area contributed by atoms with Gasteiger partial charge in [-0.2, -0.15) is 0 Å². The van der Waals surface area contributed by atoms with E-state index in [4.69, 9.17) is 0 Å². The van der Waals surface area contributed by atoms with Crippen molar-refractivity contribution >= 4 is 11.3 Å². The minimum atomic E-state index is 0.887. The lowest BCUT2D eigenvalue weighted by atomic mass is 10.1. The van der Waals surface area contributed by atoms with Crippen LogP contribution in [0.15, 0.2) is 10.9 Å². The smallest absolute Gasteiger partial charge is 0.0795 e. The van der Waals surface area contributed by atoms with Crippen molar-refractivity contribution in [3.63, 3.8) is 0 Å². The summed E-state index contributed by atoms with van der Waals surface area (Å²) in [5.41, 5.74) is 3.05. The van der Waals surface area contributed by atoms with Gasteiger partial charge < -0.3 is 10.6 Å². The van der Waals surface area contributed by atoms with Gasteiger partial charge in [-0.05, 0) is 38.4 Å². The molecule has 1 aliphatic rings. The predicted octanol–water partition coefficient (Wildman–Crippen LogP) is 1.23. The van der Waals surface area contributed by atoms with Crippen LogP contribution in [0.4, 0.5) is 0 Å². The molecule has 0 spiro atoms. The number of hydrogen-bond acceptors (Lipinski definition) is 4. The molecule has 1 aromatic heterocycles. The van der Waals surface area contributed by atoms with E-state index in [1.54, 1.807) is 11.3 Å². The Morgan fingerprint density at radius 2 is 2.64 bits per heavy atom. The Kier molecular flexibility index (Phi) is 3.91. The van der Waals surface area contributed by atoms with E-state index in [0.717, 1.165) is 19.0 Å². The zero-order valence-electron chi connectivity index (χ0n) is 8.33. The van der Waals surface area contributed by atoms with Gasteiger partial charge in [-0.1, -0.05) is 0 Å². The molecule has 4 heteroatoms. The largest absolute Gasteiger partial charge is 0.316 e. The summed E-state index contributed by atoms with van der Waals surface area (Å²) in [6.07, 6.45) is 2.63. The highest BCUT2D eigenvalue weighted by Gasteiger charge is 2.13. The molecule has 1 atom stereocenters. The first-order valence-electron chi connectivity index (χ1n) is 5.23. The maximum atomic E-state index is 4.23. The van der Waals surface area contributed by atoms with Crippen LogP contribution in [-0.4, -0.2) is 24.6 Å². The standard InChI is InChI=1S/C10H17N3S/c1-3-11-5-9(1)2-4-12-6-10-7-14-8-13-10/h7-9,11-12H,1-6H2. The Hall–Kier alpha value is -0.450. The average molecular weight is 211 g/mol. The molecular weight excluding hydrogens is 194 g/mol. The molecule has 2 N–H and O–H groups in total. The third-order valence-electron chi connectivity index (χ3n) is 2.68. The van der Waals surface area contributed by atoms with Gasteiger partial charge in [-0.25, -0.2) is 4.98 Å². The number of aromatic nitrogens is 1. The predicted molar refractivity (Wildman–Crippen MR) is 59.4 cm³/mol. The summed E-state index contributed by atoms with van der Waals surface area (Å²) in [5, 5.41) is 8.92. The van der Waals surface area contributed by atoms with E-state index < -0.39 is 0 Å². The molecule has 2 heterocycles. The minimum Gasteiger partial charge on any atom is -0.316 e. The summed E-state index contributed by atoms with van der Waals surface area (Å²) in [5.74, 6) is 0.887. The Balaban J connectivity index is 1.55. The van der Waals surface area contributed by atoms with Gasteiger partial charge in [0, 0.05) is 11.9 Å². The van der Waals surface area contributed by atoms with E-state index in [-0.39, 0.29) is 0 Å². The van der Waals surface area contributed by atoms with Crippen LogP contribution in [0.3, 0.4) is 0 Å². The number of rotatable bonds is 5. The molecule has 1 aromatic rings. The van der Waals surface area contributed by atoms with E-state index in [1.165, 1.54) is 31.6 Å². The summed E-state index contributed by atoms with van der Waals surface area (Å²) in [7, 11) is 0. The number of nitrogens with zero attached hydrogens (tertiary/aromatic N) is 1. The number of nitrogens with one attached hydrogen (secondary N) is 2. The number of hydrogen-bond donors (Lipinski definition) is 2. The highest BCUT2D eigenvalue weighted by molar-refractivity contribution is 7.07. The van der Waals surface area contributed by atoms with Crippen LogP contribution in [0.1, 0.15) is 18.5 Å². The Bertz CT molecular complexity index is 242. The maximum Gasteiger partial charge on any atom is 0.0795 e. The van der Waals surface area contributed by atoms with Crippen molar-refractivity contribution in [2.24, 2.45) is 5.92 Å². The molecule has 0 saturated carbocycles. The topological polar surface area (TPSA) is 37.0 Å². The lowest BCUT2D eigenvalue weighted by molar-refractivity contribution is 0.499. The molecule has 1 aliphatic heterocycles. The third kappa shape index (κ3) is 3.04. The lowest BCUT2D eigenvalue weighted by Gasteiger charge is -2.07. The highest BCUT2D eigenvalue weighted by Crippen LogP contribution is 2.10. The van der Waals surface area contributed by atoms with Crippen molar-refractivity contribution in [1.29, 1.82) is 0 Å². The molecule has 1 unspecified atom stereocenters. The Morgan fingerprint density at radius 3 is 3.36 bits per heavy atom. The van der Waals surface area contributed by atoms with Crippen molar-refractivity contribution in [1.82, 2.24) is 15.6 Å². The van der Waals surface area contributed by atoms with Gasteiger partial charge >= 0.3 is 0 Å². The molecule has 78 valence electrons. The summed E-state index contributed by atoms with van der Waals surface area (Å²) in [4.78, 5) is 4.23. The summed E-state index contributed by atoms with van der Waals surface area (Å²) in [6, 6.07) is 0. The molecular formula is C10H17N3S. The number of thiazole rings is 1. The zero-order valence-corrected chi connectivity index (χ0v) is 9.15. The second-order valence-electron chi connectivity index (χ2n) is 3.80. The lowest BCUT2D eigenvalue weighted by Crippen LogP contribution is -2.19. The maximum absolute atomic E-state index is 4.23. The molecule has 2 rings (SSSR count). The van der Waals surface area contributed by atoms with E-state index in [0.29, 0.717) is 0 Å².